The molecule has 0 aliphatic heterocycles. The molecule has 0 spiro atoms. The molecule has 0 aliphatic rings. The molecule has 0 amide bonds. The molecule has 1 heterocycles. The zero-order valence-electron chi connectivity index (χ0n) is 5.92. The SMILES string of the molecule is N#CCCc1ccncc1Cl. The van der Waals surface area contributed by atoms with E-state index in [0.29, 0.717) is 17.9 Å². The molecule has 2 nitrogen and oxygen atoms in total. The minimum atomic E-state index is 0.504. The molecule has 3 heteroatoms. The first-order chi connectivity index (χ1) is 5.34. The topological polar surface area (TPSA) is 36.7 Å². The van der Waals surface area contributed by atoms with Crippen molar-refractivity contribution < 1.29 is 0 Å². The van der Waals surface area contributed by atoms with Crippen LogP contribution in [0.15, 0.2) is 18.5 Å². The maximum Gasteiger partial charge on any atom is 0.0625 e. The number of hydrogen-bond acceptors (Lipinski definition) is 2. The summed E-state index contributed by atoms with van der Waals surface area (Å²) in [6.45, 7) is 0. The summed E-state index contributed by atoms with van der Waals surface area (Å²) >= 11 is 5.79. The van der Waals surface area contributed by atoms with Crippen LogP contribution in [-0.2, 0) is 6.42 Å². The minimum Gasteiger partial charge on any atom is -0.263 e. The number of aryl methyl sites for hydroxylation is 1. The van der Waals surface area contributed by atoms with E-state index in [4.69, 9.17) is 16.9 Å². The number of aromatic nitrogens is 1. The second-order valence-electron chi connectivity index (χ2n) is 2.13. The van der Waals surface area contributed by atoms with Gasteiger partial charge in [0.25, 0.3) is 0 Å². The lowest BCUT2D eigenvalue weighted by Gasteiger charge is -1.97. The lowest BCUT2D eigenvalue weighted by atomic mass is 10.1. The molecule has 0 N–H and O–H groups in total. The first kappa shape index (κ1) is 8.03. The first-order valence-electron chi connectivity index (χ1n) is 3.30. The Balaban J connectivity index is 2.71. The van der Waals surface area contributed by atoms with Gasteiger partial charge in [-0.2, -0.15) is 5.26 Å². The van der Waals surface area contributed by atoms with Gasteiger partial charge >= 0.3 is 0 Å². The zero-order valence-corrected chi connectivity index (χ0v) is 6.67. The van der Waals surface area contributed by atoms with E-state index in [1.54, 1.807) is 12.4 Å². The summed E-state index contributed by atoms with van der Waals surface area (Å²) in [4.78, 5) is 3.84. The van der Waals surface area contributed by atoms with E-state index >= 15 is 0 Å². The Kier molecular flexibility index (Phi) is 2.88. The first-order valence-corrected chi connectivity index (χ1v) is 3.67. The van der Waals surface area contributed by atoms with E-state index in [1.807, 2.05) is 6.07 Å². The van der Waals surface area contributed by atoms with Gasteiger partial charge in [-0.05, 0) is 18.1 Å². The van der Waals surface area contributed by atoms with Crippen molar-refractivity contribution in [2.75, 3.05) is 0 Å². The Hall–Kier alpha value is -1.07. The van der Waals surface area contributed by atoms with Crippen LogP contribution in [0.4, 0.5) is 0 Å². The zero-order chi connectivity index (χ0) is 8.10. The normalized spacial score (nSPS) is 9.09. The van der Waals surface area contributed by atoms with E-state index in [1.165, 1.54) is 0 Å². The summed E-state index contributed by atoms with van der Waals surface area (Å²) in [6, 6.07) is 3.90. The maximum absolute atomic E-state index is 8.31. The van der Waals surface area contributed by atoms with Gasteiger partial charge in [0.1, 0.15) is 0 Å². The predicted octanol–water partition coefficient (Wildman–Crippen LogP) is 2.19. The van der Waals surface area contributed by atoms with Gasteiger partial charge in [0.2, 0.25) is 0 Å². The summed E-state index contributed by atoms with van der Waals surface area (Å²) in [5, 5.41) is 8.95. The smallest absolute Gasteiger partial charge is 0.0625 e. The number of nitrogens with zero attached hydrogens (tertiary/aromatic N) is 2. The highest BCUT2D eigenvalue weighted by Gasteiger charge is 1.97. The van der Waals surface area contributed by atoms with Crippen molar-refractivity contribution in [1.29, 1.82) is 5.26 Å². The summed E-state index contributed by atoms with van der Waals surface area (Å²) in [5.41, 5.74) is 0.989. The Labute approximate surface area is 70.4 Å². The van der Waals surface area contributed by atoms with E-state index in [0.717, 1.165) is 5.56 Å². The fourth-order valence-electron chi connectivity index (χ4n) is 0.797. The van der Waals surface area contributed by atoms with Gasteiger partial charge < -0.3 is 0 Å². The van der Waals surface area contributed by atoms with Crippen LogP contribution in [0.2, 0.25) is 5.02 Å². The Morgan fingerprint density at radius 1 is 1.64 bits per heavy atom. The quantitative estimate of drug-likeness (QED) is 0.676. The monoisotopic (exact) mass is 166 g/mol. The van der Waals surface area contributed by atoms with Crippen molar-refractivity contribution in [2.45, 2.75) is 12.8 Å². The largest absolute Gasteiger partial charge is 0.263 e. The van der Waals surface area contributed by atoms with Crippen molar-refractivity contribution in [3.8, 4) is 6.07 Å². The number of rotatable bonds is 2. The fraction of sp³-hybridized carbons (Fsp3) is 0.250. The molecule has 0 saturated heterocycles. The molecule has 0 aromatic carbocycles. The average molecular weight is 167 g/mol. The molecule has 0 fully saturated rings. The number of pyridine rings is 1. The maximum atomic E-state index is 8.31. The number of nitriles is 1. The van der Waals surface area contributed by atoms with Crippen LogP contribution in [-0.4, -0.2) is 4.98 Å². The second kappa shape index (κ2) is 3.95. The third-order valence-electron chi connectivity index (χ3n) is 1.36. The molecule has 0 radical (unpaired) electrons. The minimum absolute atomic E-state index is 0.504. The third-order valence-corrected chi connectivity index (χ3v) is 1.70. The third kappa shape index (κ3) is 2.21. The Morgan fingerprint density at radius 3 is 3.09 bits per heavy atom. The molecular weight excluding hydrogens is 160 g/mol. The molecule has 0 atom stereocenters. The molecule has 1 aromatic heterocycles. The lowest BCUT2D eigenvalue weighted by molar-refractivity contribution is 1.00. The van der Waals surface area contributed by atoms with E-state index < -0.39 is 0 Å². The van der Waals surface area contributed by atoms with Crippen LogP contribution in [0.3, 0.4) is 0 Å². The molecule has 0 aliphatic carbocycles. The van der Waals surface area contributed by atoms with Crippen molar-refractivity contribution in [1.82, 2.24) is 4.98 Å². The van der Waals surface area contributed by atoms with E-state index in [-0.39, 0.29) is 0 Å². The van der Waals surface area contributed by atoms with Gasteiger partial charge in [-0.25, -0.2) is 0 Å². The van der Waals surface area contributed by atoms with Gasteiger partial charge in [0.05, 0.1) is 11.1 Å². The van der Waals surface area contributed by atoms with Gasteiger partial charge in [0.15, 0.2) is 0 Å². The van der Waals surface area contributed by atoms with Crippen molar-refractivity contribution >= 4 is 11.6 Å². The molecule has 11 heavy (non-hydrogen) atoms. The number of halogens is 1. The summed E-state index contributed by atoms with van der Waals surface area (Å²) in [7, 11) is 0. The van der Waals surface area contributed by atoms with Crippen LogP contribution in [0.25, 0.3) is 0 Å². The van der Waals surface area contributed by atoms with Crippen molar-refractivity contribution in [2.24, 2.45) is 0 Å². The molecule has 0 saturated carbocycles. The number of hydrogen-bond donors (Lipinski definition) is 0. The Morgan fingerprint density at radius 2 is 2.45 bits per heavy atom. The van der Waals surface area contributed by atoms with Gasteiger partial charge in [-0.3, -0.25) is 4.98 Å². The van der Waals surface area contributed by atoms with Crippen molar-refractivity contribution in [3.05, 3.63) is 29.0 Å². The van der Waals surface area contributed by atoms with Crippen molar-refractivity contribution in [3.63, 3.8) is 0 Å². The highest BCUT2D eigenvalue weighted by molar-refractivity contribution is 6.31. The Bertz CT molecular complexity index is 278. The van der Waals surface area contributed by atoms with Crippen LogP contribution in [0.5, 0.6) is 0 Å². The van der Waals surface area contributed by atoms with Gasteiger partial charge in [-0.1, -0.05) is 11.6 Å². The summed E-state index contributed by atoms with van der Waals surface area (Å²) in [5.74, 6) is 0. The fourth-order valence-corrected chi connectivity index (χ4v) is 1.01. The van der Waals surface area contributed by atoms with Crippen LogP contribution in [0.1, 0.15) is 12.0 Å². The molecule has 0 bridgehead atoms. The second-order valence-corrected chi connectivity index (χ2v) is 2.53. The van der Waals surface area contributed by atoms with E-state index in [9.17, 15) is 0 Å². The van der Waals surface area contributed by atoms with Gasteiger partial charge in [-0.15, -0.1) is 0 Å². The average Bonchev–Trinajstić information content (AvgIpc) is 2.03. The lowest BCUT2D eigenvalue weighted by Crippen LogP contribution is -1.85. The highest BCUT2D eigenvalue weighted by Crippen LogP contribution is 2.14. The summed E-state index contributed by atoms with van der Waals surface area (Å²) in [6.07, 6.45) is 4.48. The van der Waals surface area contributed by atoms with E-state index in [2.05, 4.69) is 11.1 Å². The van der Waals surface area contributed by atoms with Crippen LogP contribution in [0, 0.1) is 11.3 Å². The summed E-state index contributed by atoms with van der Waals surface area (Å²) < 4.78 is 0. The predicted molar refractivity (Wildman–Crippen MR) is 43.2 cm³/mol. The molecule has 1 aromatic rings. The molecule has 56 valence electrons. The molecule has 0 unspecified atom stereocenters. The molecule has 1 rings (SSSR count). The highest BCUT2D eigenvalue weighted by atomic mass is 35.5. The standard InChI is InChI=1S/C8H7ClN2/c9-8-6-11-5-3-7(8)2-1-4-10/h3,5-6H,1-2H2. The van der Waals surface area contributed by atoms with Crippen LogP contribution < -0.4 is 0 Å². The van der Waals surface area contributed by atoms with Crippen LogP contribution >= 0.6 is 11.6 Å². The molecular formula is C8H7ClN2. The van der Waals surface area contributed by atoms with Gasteiger partial charge in [0, 0.05) is 18.8 Å².